The number of ether oxygens (including phenoxy) is 1. The number of rotatable bonds is 6. The number of carbonyl (C=O) groups is 1. The number of hydrogen-bond acceptors (Lipinski definition) is 4. The molecule has 6 heteroatoms. The Balaban J connectivity index is 1.71. The van der Waals surface area contributed by atoms with Crippen molar-refractivity contribution >= 4 is 29.4 Å². The molecule has 1 amide bonds. The molecule has 5 nitrogen and oxygen atoms in total. The highest BCUT2D eigenvalue weighted by molar-refractivity contribution is 6.33. The van der Waals surface area contributed by atoms with E-state index in [-0.39, 0.29) is 17.9 Å². The minimum absolute atomic E-state index is 0.0928. The highest BCUT2D eigenvalue weighted by Gasteiger charge is 2.35. The van der Waals surface area contributed by atoms with Crippen LogP contribution in [0.15, 0.2) is 41.5 Å². The van der Waals surface area contributed by atoms with Gasteiger partial charge in [0.15, 0.2) is 0 Å². The number of nitrogens with one attached hydrogen (secondary N) is 1. The van der Waals surface area contributed by atoms with Gasteiger partial charge < -0.3 is 9.64 Å². The molecule has 0 saturated heterocycles. The van der Waals surface area contributed by atoms with Gasteiger partial charge in [-0.3, -0.25) is 4.79 Å². The standard InChI is InChI=1S/C24H30ClN3O2/c1-6-28-22-13-21(25)18(12-20(22)16(2)14-24(28,3)4)15-26-27-23(29)11-17-7-9-19(30-5)10-8-17/h7-10,12-13,15-16H,6,11,14H2,1-5H3,(H,27,29)/b26-15+. The van der Waals surface area contributed by atoms with Crippen LogP contribution in [0.2, 0.25) is 5.02 Å². The first kappa shape index (κ1) is 22.2. The lowest BCUT2D eigenvalue weighted by atomic mass is 9.79. The average molecular weight is 428 g/mol. The van der Waals surface area contributed by atoms with Crippen molar-refractivity contribution in [2.24, 2.45) is 5.10 Å². The molecule has 1 N–H and O–H groups in total. The van der Waals surface area contributed by atoms with E-state index in [1.807, 2.05) is 30.3 Å². The molecule has 0 fully saturated rings. The van der Waals surface area contributed by atoms with Gasteiger partial charge in [0, 0.05) is 23.3 Å². The molecular formula is C24H30ClN3O2. The maximum atomic E-state index is 12.2. The summed E-state index contributed by atoms with van der Waals surface area (Å²) in [7, 11) is 1.61. The SMILES string of the molecule is CCN1c2cc(Cl)c(/C=N/NC(=O)Cc3ccc(OC)cc3)cc2C(C)CC1(C)C. The zero-order chi connectivity index (χ0) is 21.9. The van der Waals surface area contributed by atoms with Crippen molar-refractivity contribution in [3.63, 3.8) is 0 Å². The van der Waals surface area contributed by atoms with Crippen LogP contribution in [0.25, 0.3) is 0 Å². The number of hydrazone groups is 1. The first-order valence-corrected chi connectivity index (χ1v) is 10.7. The Morgan fingerprint density at radius 1 is 1.33 bits per heavy atom. The minimum atomic E-state index is -0.183. The summed E-state index contributed by atoms with van der Waals surface area (Å²) in [6, 6.07) is 11.5. The van der Waals surface area contributed by atoms with E-state index in [9.17, 15) is 4.79 Å². The predicted molar refractivity (Wildman–Crippen MR) is 124 cm³/mol. The Labute approximate surface area is 184 Å². The Morgan fingerprint density at radius 2 is 2.03 bits per heavy atom. The molecule has 30 heavy (non-hydrogen) atoms. The number of benzene rings is 2. The summed E-state index contributed by atoms with van der Waals surface area (Å²) in [5.74, 6) is 1.00. The van der Waals surface area contributed by atoms with Gasteiger partial charge in [-0.05, 0) is 68.5 Å². The van der Waals surface area contributed by atoms with Crippen molar-refractivity contribution in [2.45, 2.75) is 52.0 Å². The summed E-state index contributed by atoms with van der Waals surface area (Å²) in [4.78, 5) is 14.6. The smallest absolute Gasteiger partial charge is 0.244 e. The van der Waals surface area contributed by atoms with Gasteiger partial charge in [0.05, 0.1) is 24.8 Å². The van der Waals surface area contributed by atoms with Crippen LogP contribution in [0.3, 0.4) is 0 Å². The second-order valence-corrected chi connectivity index (χ2v) is 8.82. The van der Waals surface area contributed by atoms with Crippen LogP contribution in [-0.4, -0.2) is 31.3 Å². The van der Waals surface area contributed by atoms with E-state index in [0.29, 0.717) is 10.9 Å². The number of nitrogens with zero attached hydrogens (tertiary/aromatic N) is 2. The van der Waals surface area contributed by atoms with Gasteiger partial charge in [-0.25, -0.2) is 5.43 Å². The monoisotopic (exact) mass is 427 g/mol. The molecule has 2 aromatic carbocycles. The highest BCUT2D eigenvalue weighted by atomic mass is 35.5. The molecule has 1 heterocycles. The molecule has 3 rings (SSSR count). The van der Waals surface area contributed by atoms with Crippen LogP contribution in [0.5, 0.6) is 5.75 Å². The van der Waals surface area contributed by atoms with E-state index in [2.05, 4.69) is 49.2 Å². The van der Waals surface area contributed by atoms with Gasteiger partial charge in [-0.15, -0.1) is 0 Å². The highest BCUT2D eigenvalue weighted by Crippen LogP contribution is 2.44. The van der Waals surface area contributed by atoms with Gasteiger partial charge in [-0.1, -0.05) is 30.7 Å². The van der Waals surface area contributed by atoms with Crippen molar-refractivity contribution in [1.29, 1.82) is 0 Å². The third-order valence-corrected chi connectivity index (χ3v) is 6.06. The summed E-state index contributed by atoms with van der Waals surface area (Å²) in [6.07, 6.45) is 2.94. The zero-order valence-electron chi connectivity index (χ0n) is 18.3. The van der Waals surface area contributed by atoms with Crippen LogP contribution >= 0.6 is 11.6 Å². The van der Waals surface area contributed by atoms with Gasteiger partial charge in [0.1, 0.15) is 5.75 Å². The van der Waals surface area contributed by atoms with E-state index in [4.69, 9.17) is 16.3 Å². The molecule has 0 bridgehead atoms. The largest absolute Gasteiger partial charge is 0.497 e. The van der Waals surface area contributed by atoms with Crippen molar-refractivity contribution in [3.05, 3.63) is 58.1 Å². The number of amides is 1. The first-order valence-electron chi connectivity index (χ1n) is 10.3. The third kappa shape index (κ3) is 4.78. The molecule has 0 saturated carbocycles. The van der Waals surface area contributed by atoms with Gasteiger partial charge >= 0.3 is 0 Å². The summed E-state index contributed by atoms with van der Waals surface area (Å²) in [6.45, 7) is 9.90. The lowest BCUT2D eigenvalue weighted by molar-refractivity contribution is -0.120. The van der Waals surface area contributed by atoms with E-state index >= 15 is 0 Å². The lowest BCUT2D eigenvalue weighted by Crippen LogP contribution is -2.48. The van der Waals surface area contributed by atoms with Gasteiger partial charge in [0.25, 0.3) is 0 Å². The summed E-state index contributed by atoms with van der Waals surface area (Å²) < 4.78 is 5.13. The normalized spacial score (nSPS) is 17.7. The van der Waals surface area contributed by atoms with Crippen molar-refractivity contribution < 1.29 is 9.53 Å². The maximum absolute atomic E-state index is 12.2. The van der Waals surface area contributed by atoms with Gasteiger partial charge in [0.2, 0.25) is 5.91 Å². The number of halogens is 1. The van der Waals surface area contributed by atoms with Crippen LogP contribution in [0.4, 0.5) is 5.69 Å². The Morgan fingerprint density at radius 3 is 2.67 bits per heavy atom. The number of methoxy groups -OCH3 is 1. The lowest BCUT2D eigenvalue weighted by Gasteiger charge is -2.47. The van der Waals surface area contributed by atoms with E-state index < -0.39 is 0 Å². The quantitative estimate of drug-likeness (QED) is 0.512. The molecule has 1 aliphatic heterocycles. The first-order chi connectivity index (χ1) is 14.2. The molecule has 0 aliphatic carbocycles. The molecule has 1 aliphatic rings. The number of fused-ring (bicyclic) bond motifs is 1. The zero-order valence-corrected chi connectivity index (χ0v) is 19.1. The fourth-order valence-corrected chi connectivity index (χ4v) is 4.57. The van der Waals surface area contributed by atoms with Crippen LogP contribution in [0.1, 0.15) is 56.7 Å². The van der Waals surface area contributed by atoms with Gasteiger partial charge in [-0.2, -0.15) is 5.10 Å². The number of carbonyl (C=O) groups excluding carboxylic acids is 1. The van der Waals surface area contributed by atoms with E-state index in [0.717, 1.165) is 29.8 Å². The van der Waals surface area contributed by atoms with Crippen LogP contribution < -0.4 is 15.1 Å². The Kier molecular flexibility index (Phi) is 6.71. The summed E-state index contributed by atoms with van der Waals surface area (Å²) in [5.41, 5.74) is 6.84. The summed E-state index contributed by atoms with van der Waals surface area (Å²) in [5, 5.41) is 4.76. The molecule has 0 aromatic heterocycles. The molecule has 0 radical (unpaired) electrons. The Bertz CT molecular complexity index is 938. The predicted octanol–water partition coefficient (Wildman–Crippen LogP) is 5.15. The molecule has 1 unspecified atom stereocenters. The Hall–Kier alpha value is -2.53. The van der Waals surface area contributed by atoms with Crippen LogP contribution in [0, 0.1) is 0 Å². The fraction of sp³-hybridized carbons (Fsp3) is 0.417. The van der Waals surface area contributed by atoms with E-state index in [1.165, 1.54) is 11.3 Å². The van der Waals surface area contributed by atoms with Crippen molar-refractivity contribution in [2.75, 3.05) is 18.6 Å². The molecule has 1 atom stereocenters. The second-order valence-electron chi connectivity index (χ2n) is 8.41. The molecular weight excluding hydrogens is 398 g/mol. The third-order valence-electron chi connectivity index (χ3n) is 5.74. The molecule has 0 spiro atoms. The van der Waals surface area contributed by atoms with Crippen LogP contribution in [-0.2, 0) is 11.2 Å². The molecule has 2 aromatic rings. The fourth-order valence-electron chi connectivity index (χ4n) is 4.36. The maximum Gasteiger partial charge on any atom is 0.244 e. The average Bonchev–Trinajstić information content (AvgIpc) is 2.69. The summed E-state index contributed by atoms with van der Waals surface area (Å²) >= 11 is 6.56. The second kappa shape index (κ2) is 9.09. The van der Waals surface area contributed by atoms with Crippen molar-refractivity contribution in [3.8, 4) is 5.75 Å². The topological polar surface area (TPSA) is 53.9 Å². The number of anilines is 1. The minimum Gasteiger partial charge on any atom is -0.497 e. The van der Waals surface area contributed by atoms with Crippen molar-refractivity contribution in [1.82, 2.24) is 5.43 Å². The molecule has 160 valence electrons. The number of hydrogen-bond donors (Lipinski definition) is 1. The van der Waals surface area contributed by atoms with E-state index in [1.54, 1.807) is 13.3 Å².